The second-order valence-electron chi connectivity index (χ2n) is 6.48. The Morgan fingerprint density at radius 1 is 1.28 bits per heavy atom. The number of rotatable bonds is 5. The van der Waals surface area contributed by atoms with Crippen LogP contribution in [0.25, 0.3) is 0 Å². The fourth-order valence-corrected chi connectivity index (χ4v) is 4.32. The minimum absolute atomic E-state index is 0.0462. The predicted molar refractivity (Wildman–Crippen MR) is 98.6 cm³/mol. The van der Waals surface area contributed by atoms with Crippen molar-refractivity contribution < 1.29 is 14.3 Å². The van der Waals surface area contributed by atoms with E-state index in [-0.39, 0.29) is 17.9 Å². The van der Waals surface area contributed by atoms with E-state index in [2.05, 4.69) is 10.2 Å². The standard InChI is InChI=1S/C18H25N3O3S/c1-14(11-20-7-9-24-10-8-20)19-17(22)16-12-25-13-21(16)18(23)15-5-3-2-4-6-15/h2-6,14,16H,7-13H2,1H3,(H,19,22)/t14-,16+/m0/s1. The molecule has 0 aliphatic carbocycles. The van der Waals surface area contributed by atoms with Gasteiger partial charge in [-0.25, -0.2) is 0 Å². The molecule has 7 heteroatoms. The van der Waals surface area contributed by atoms with E-state index in [9.17, 15) is 9.59 Å². The first-order valence-corrected chi connectivity index (χ1v) is 9.85. The average molecular weight is 363 g/mol. The highest BCUT2D eigenvalue weighted by molar-refractivity contribution is 7.99. The van der Waals surface area contributed by atoms with Crippen molar-refractivity contribution in [2.75, 3.05) is 44.5 Å². The maximum Gasteiger partial charge on any atom is 0.255 e. The van der Waals surface area contributed by atoms with Crippen molar-refractivity contribution in [3.63, 3.8) is 0 Å². The normalized spacial score (nSPS) is 22.6. The van der Waals surface area contributed by atoms with Crippen LogP contribution < -0.4 is 5.32 Å². The van der Waals surface area contributed by atoms with Crippen molar-refractivity contribution in [2.24, 2.45) is 0 Å². The van der Waals surface area contributed by atoms with Gasteiger partial charge >= 0.3 is 0 Å². The molecule has 2 fully saturated rings. The molecule has 2 atom stereocenters. The van der Waals surface area contributed by atoms with Crippen LogP contribution in [0.15, 0.2) is 30.3 Å². The Labute approximate surface area is 152 Å². The number of hydrogen-bond donors (Lipinski definition) is 1. The Balaban J connectivity index is 1.56. The average Bonchev–Trinajstić information content (AvgIpc) is 3.12. The van der Waals surface area contributed by atoms with E-state index in [4.69, 9.17) is 4.74 Å². The minimum Gasteiger partial charge on any atom is -0.379 e. The lowest BCUT2D eigenvalue weighted by molar-refractivity contribution is -0.125. The molecule has 6 nitrogen and oxygen atoms in total. The zero-order valence-corrected chi connectivity index (χ0v) is 15.3. The Hall–Kier alpha value is -1.57. The highest BCUT2D eigenvalue weighted by Crippen LogP contribution is 2.23. The Morgan fingerprint density at radius 3 is 2.72 bits per heavy atom. The molecule has 0 spiro atoms. The molecular weight excluding hydrogens is 338 g/mol. The molecule has 1 aromatic carbocycles. The highest BCUT2D eigenvalue weighted by Gasteiger charge is 2.35. The third-order valence-corrected chi connectivity index (χ3v) is 5.50. The first-order valence-electron chi connectivity index (χ1n) is 8.69. The summed E-state index contributed by atoms with van der Waals surface area (Å²) in [5.74, 6) is 1.07. The van der Waals surface area contributed by atoms with Gasteiger partial charge in [-0.3, -0.25) is 14.5 Å². The van der Waals surface area contributed by atoms with E-state index in [0.29, 0.717) is 17.2 Å². The van der Waals surface area contributed by atoms with Crippen molar-refractivity contribution in [1.82, 2.24) is 15.1 Å². The molecule has 0 unspecified atom stereocenters. The van der Waals surface area contributed by atoms with Crippen molar-refractivity contribution in [2.45, 2.75) is 19.0 Å². The van der Waals surface area contributed by atoms with E-state index < -0.39 is 6.04 Å². The first kappa shape index (κ1) is 18.2. The lowest BCUT2D eigenvalue weighted by Crippen LogP contribution is -2.52. The number of nitrogens with one attached hydrogen (secondary N) is 1. The zero-order chi connectivity index (χ0) is 17.6. The van der Waals surface area contributed by atoms with Gasteiger partial charge in [0, 0.05) is 37.0 Å². The van der Waals surface area contributed by atoms with E-state index in [1.54, 1.807) is 28.8 Å². The van der Waals surface area contributed by atoms with Gasteiger partial charge in [0.1, 0.15) is 6.04 Å². The van der Waals surface area contributed by atoms with Crippen LogP contribution in [0.3, 0.4) is 0 Å². The smallest absolute Gasteiger partial charge is 0.255 e. The summed E-state index contributed by atoms with van der Waals surface area (Å²) >= 11 is 1.62. The molecule has 2 aliphatic rings. The molecule has 2 amide bonds. The number of carbonyl (C=O) groups excluding carboxylic acids is 2. The number of nitrogens with zero attached hydrogens (tertiary/aromatic N) is 2. The van der Waals surface area contributed by atoms with Gasteiger partial charge in [-0.2, -0.15) is 0 Å². The number of thioether (sulfide) groups is 1. The fraction of sp³-hybridized carbons (Fsp3) is 0.556. The van der Waals surface area contributed by atoms with Crippen LogP contribution in [0.1, 0.15) is 17.3 Å². The van der Waals surface area contributed by atoms with Crippen LogP contribution in [-0.4, -0.2) is 78.2 Å². The minimum atomic E-state index is -0.398. The molecule has 2 heterocycles. The number of morpholine rings is 1. The lowest BCUT2D eigenvalue weighted by atomic mass is 10.1. The summed E-state index contributed by atoms with van der Waals surface area (Å²) < 4.78 is 5.35. The number of carbonyl (C=O) groups is 2. The molecule has 0 radical (unpaired) electrons. The molecular formula is C18H25N3O3S. The zero-order valence-electron chi connectivity index (χ0n) is 14.5. The maximum absolute atomic E-state index is 12.7. The Kier molecular flexibility index (Phi) is 6.34. The summed E-state index contributed by atoms with van der Waals surface area (Å²) in [4.78, 5) is 29.3. The predicted octanol–water partition coefficient (Wildman–Crippen LogP) is 1.04. The van der Waals surface area contributed by atoms with E-state index in [0.717, 1.165) is 32.8 Å². The molecule has 2 aliphatic heterocycles. The first-order chi connectivity index (χ1) is 12.1. The maximum atomic E-state index is 12.7. The largest absolute Gasteiger partial charge is 0.379 e. The van der Waals surface area contributed by atoms with Gasteiger partial charge in [0.2, 0.25) is 5.91 Å². The SMILES string of the molecule is C[C@@H](CN1CCOCC1)NC(=O)[C@H]1CSCN1C(=O)c1ccccc1. The quantitative estimate of drug-likeness (QED) is 0.847. The van der Waals surface area contributed by atoms with Gasteiger partial charge in [-0.05, 0) is 19.1 Å². The molecule has 1 N–H and O–H groups in total. The molecule has 3 rings (SSSR count). The summed E-state index contributed by atoms with van der Waals surface area (Å²) in [6, 6.07) is 8.80. The van der Waals surface area contributed by atoms with Gasteiger partial charge in [0.25, 0.3) is 5.91 Å². The highest BCUT2D eigenvalue weighted by atomic mass is 32.2. The van der Waals surface area contributed by atoms with Crippen LogP contribution in [0.5, 0.6) is 0 Å². The lowest BCUT2D eigenvalue weighted by Gasteiger charge is -2.30. The van der Waals surface area contributed by atoms with Crippen molar-refractivity contribution in [3.05, 3.63) is 35.9 Å². The third kappa shape index (κ3) is 4.74. The second-order valence-corrected chi connectivity index (χ2v) is 7.48. The van der Waals surface area contributed by atoms with Crippen LogP contribution in [0, 0.1) is 0 Å². The summed E-state index contributed by atoms with van der Waals surface area (Å²) in [5.41, 5.74) is 0.629. The summed E-state index contributed by atoms with van der Waals surface area (Å²) in [6.07, 6.45) is 0. The molecule has 25 heavy (non-hydrogen) atoms. The van der Waals surface area contributed by atoms with Gasteiger partial charge in [-0.1, -0.05) is 18.2 Å². The Morgan fingerprint density at radius 2 is 2.00 bits per heavy atom. The van der Waals surface area contributed by atoms with Crippen molar-refractivity contribution in [3.8, 4) is 0 Å². The number of benzene rings is 1. The monoisotopic (exact) mass is 363 g/mol. The van der Waals surface area contributed by atoms with E-state index >= 15 is 0 Å². The van der Waals surface area contributed by atoms with E-state index in [1.807, 2.05) is 25.1 Å². The number of hydrogen-bond acceptors (Lipinski definition) is 5. The number of ether oxygens (including phenoxy) is 1. The molecule has 2 saturated heterocycles. The Bertz CT molecular complexity index is 592. The van der Waals surface area contributed by atoms with Crippen LogP contribution >= 0.6 is 11.8 Å². The third-order valence-electron chi connectivity index (χ3n) is 4.49. The summed E-state index contributed by atoms with van der Waals surface area (Å²) in [6.45, 7) is 6.12. The molecule has 0 saturated carbocycles. The molecule has 136 valence electrons. The van der Waals surface area contributed by atoms with Crippen LogP contribution in [0.2, 0.25) is 0 Å². The van der Waals surface area contributed by atoms with Crippen LogP contribution in [-0.2, 0) is 9.53 Å². The van der Waals surface area contributed by atoms with Crippen molar-refractivity contribution >= 4 is 23.6 Å². The molecule has 0 aromatic heterocycles. The van der Waals surface area contributed by atoms with Crippen molar-refractivity contribution in [1.29, 1.82) is 0 Å². The van der Waals surface area contributed by atoms with Gasteiger partial charge in [-0.15, -0.1) is 11.8 Å². The van der Waals surface area contributed by atoms with Gasteiger partial charge in [0.05, 0.1) is 19.1 Å². The number of amides is 2. The topological polar surface area (TPSA) is 61.9 Å². The summed E-state index contributed by atoms with van der Waals surface area (Å²) in [5, 5.41) is 3.08. The fourth-order valence-electron chi connectivity index (χ4n) is 3.16. The molecule has 1 aromatic rings. The second kappa shape index (κ2) is 8.69. The summed E-state index contributed by atoms with van der Waals surface area (Å²) in [7, 11) is 0. The van der Waals surface area contributed by atoms with Gasteiger partial charge in [0.15, 0.2) is 0 Å². The van der Waals surface area contributed by atoms with Crippen LogP contribution in [0.4, 0.5) is 0 Å². The van der Waals surface area contributed by atoms with E-state index in [1.165, 1.54) is 0 Å². The van der Waals surface area contributed by atoms with Gasteiger partial charge < -0.3 is 15.0 Å². The molecule has 0 bridgehead atoms.